The van der Waals surface area contributed by atoms with Crippen molar-refractivity contribution in [2.45, 2.75) is 51.9 Å². The number of carbonyl (C=O) groups excluding carboxylic acids is 1. The normalized spacial score (nSPS) is 11.1. The molecule has 0 saturated heterocycles. The van der Waals surface area contributed by atoms with Crippen LogP contribution in [0.5, 0.6) is 0 Å². The van der Waals surface area contributed by atoms with Crippen LogP contribution in [0.15, 0.2) is 64.3 Å². The number of amides is 1. The molecule has 178 valence electrons. The standard InChI is InChI=1S/C25H28BrN5O3/c1-2-3-4-5-6-7-8-24(32)28-27-17-20-18-30(22-13-15-23(16-14-22)31(33)34)29-25(20)19-9-11-21(26)12-10-19/h9-18H,2-8H2,1H3,(H,28,32)/b27-17+. The molecule has 1 heterocycles. The van der Waals surface area contributed by atoms with Crippen LogP contribution in [0.2, 0.25) is 0 Å². The number of carbonyl (C=O) groups is 1. The first kappa shape index (κ1) is 25.3. The van der Waals surface area contributed by atoms with Crippen LogP contribution in [0.1, 0.15) is 57.4 Å². The summed E-state index contributed by atoms with van der Waals surface area (Å²) in [5.74, 6) is -0.111. The molecule has 0 aliphatic rings. The molecule has 9 heteroatoms. The molecule has 34 heavy (non-hydrogen) atoms. The largest absolute Gasteiger partial charge is 0.273 e. The number of nitro groups is 1. The molecule has 3 rings (SSSR count). The highest BCUT2D eigenvalue weighted by atomic mass is 79.9. The molecule has 0 aliphatic carbocycles. The van der Waals surface area contributed by atoms with E-state index < -0.39 is 4.92 Å². The first-order valence-corrected chi connectivity index (χ1v) is 12.2. The fourth-order valence-corrected chi connectivity index (χ4v) is 3.73. The van der Waals surface area contributed by atoms with Gasteiger partial charge in [-0.05, 0) is 30.7 Å². The van der Waals surface area contributed by atoms with Gasteiger partial charge in [0.05, 0.1) is 16.8 Å². The third-order valence-corrected chi connectivity index (χ3v) is 5.86. The zero-order chi connectivity index (χ0) is 24.3. The van der Waals surface area contributed by atoms with E-state index in [0.29, 0.717) is 23.4 Å². The summed E-state index contributed by atoms with van der Waals surface area (Å²) in [4.78, 5) is 22.6. The highest BCUT2D eigenvalue weighted by Crippen LogP contribution is 2.25. The monoisotopic (exact) mass is 525 g/mol. The van der Waals surface area contributed by atoms with Crippen LogP contribution in [-0.2, 0) is 4.79 Å². The Morgan fingerprint density at radius 3 is 2.44 bits per heavy atom. The topological polar surface area (TPSA) is 102 Å². The molecule has 0 saturated carbocycles. The van der Waals surface area contributed by atoms with Gasteiger partial charge in [-0.2, -0.15) is 10.2 Å². The fourth-order valence-electron chi connectivity index (χ4n) is 3.47. The maximum atomic E-state index is 12.1. The number of benzene rings is 2. The minimum atomic E-state index is -0.438. The molecule has 0 aliphatic heterocycles. The van der Waals surface area contributed by atoms with E-state index in [1.54, 1.807) is 29.2 Å². The molecule has 0 atom stereocenters. The van der Waals surface area contributed by atoms with Gasteiger partial charge in [-0.1, -0.05) is 67.1 Å². The van der Waals surface area contributed by atoms with Crippen LogP contribution in [0, 0.1) is 10.1 Å². The first-order chi connectivity index (χ1) is 16.5. The Morgan fingerprint density at radius 2 is 1.76 bits per heavy atom. The smallest absolute Gasteiger partial charge is 0.269 e. The molecule has 8 nitrogen and oxygen atoms in total. The second-order valence-electron chi connectivity index (χ2n) is 7.97. The molecule has 0 spiro atoms. The van der Waals surface area contributed by atoms with Gasteiger partial charge >= 0.3 is 0 Å². The minimum absolute atomic E-state index is 0.0129. The van der Waals surface area contributed by atoms with E-state index in [4.69, 9.17) is 0 Å². The quantitative estimate of drug-likeness (QED) is 0.127. The predicted molar refractivity (Wildman–Crippen MR) is 137 cm³/mol. The molecule has 0 unspecified atom stereocenters. The average molecular weight is 526 g/mol. The van der Waals surface area contributed by atoms with Crippen molar-refractivity contribution in [3.05, 3.63) is 74.9 Å². The Bertz CT molecular complexity index is 1120. The van der Waals surface area contributed by atoms with Crippen LogP contribution in [-0.4, -0.2) is 26.8 Å². The van der Waals surface area contributed by atoms with Gasteiger partial charge in [0.1, 0.15) is 5.69 Å². The van der Waals surface area contributed by atoms with Gasteiger partial charge in [0.15, 0.2) is 0 Å². The number of halogens is 1. The molecule has 3 aromatic rings. The van der Waals surface area contributed by atoms with Crippen molar-refractivity contribution < 1.29 is 9.72 Å². The number of aromatic nitrogens is 2. The van der Waals surface area contributed by atoms with E-state index in [2.05, 4.69) is 38.5 Å². The number of unbranched alkanes of at least 4 members (excludes halogenated alkanes) is 5. The van der Waals surface area contributed by atoms with Gasteiger partial charge in [0.25, 0.3) is 5.69 Å². The lowest BCUT2D eigenvalue weighted by Gasteiger charge is -2.01. The Labute approximate surface area is 207 Å². The second-order valence-corrected chi connectivity index (χ2v) is 8.88. The van der Waals surface area contributed by atoms with Gasteiger partial charge in [-0.3, -0.25) is 14.9 Å². The summed E-state index contributed by atoms with van der Waals surface area (Å²) in [6.45, 7) is 2.18. The van der Waals surface area contributed by atoms with Crippen LogP contribution in [0.25, 0.3) is 16.9 Å². The summed E-state index contributed by atoms with van der Waals surface area (Å²) in [5, 5.41) is 19.8. The molecule has 0 bridgehead atoms. The third kappa shape index (κ3) is 7.34. The van der Waals surface area contributed by atoms with E-state index in [9.17, 15) is 14.9 Å². The predicted octanol–water partition coefficient (Wildman–Crippen LogP) is 6.41. The van der Waals surface area contributed by atoms with E-state index in [1.165, 1.54) is 31.4 Å². The molecule has 0 fully saturated rings. The van der Waals surface area contributed by atoms with Crippen molar-refractivity contribution in [1.29, 1.82) is 0 Å². The molecule has 1 aromatic heterocycles. The van der Waals surface area contributed by atoms with Crippen molar-refractivity contribution in [1.82, 2.24) is 15.2 Å². The Balaban J connectivity index is 1.72. The number of non-ortho nitro benzene ring substituents is 1. The molecule has 1 amide bonds. The number of nitrogens with one attached hydrogen (secondary N) is 1. The summed E-state index contributed by atoms with van der Waals surface area (Å²) in [7, 11) is 0. The molecular formula is C25H28BrN5O3. The van der Waals surface area contributed by atoms with Crippen LogP contribution >= 0.6 is 15.9 Å². The lowest BCUT2D eigenvalue weighted by Crippen LogP contribution is -2.16. The second kappa shape index (κ2) is 12.8. The lowest BCUT2D eigenvalue weighted by atomic mass is 10.1. The van der Waals surface area contributed by atoms with E-state index in [-0.39, 0.29) is 11.6 Å². The number of hydrogen-bond donors (Lipinski definition) is 1. The Morgan fingerprint density at radius 1 is 1.09 bits per heavy atom. The summed E-state index contributed by atoms with van der Waals surface area (Å²) in [5.41, 5.74) is 5.56. The molecule has 0 radical (unpaired) electrons. The van der Waals surface area contributed by atoms with Crippen molar-refractivity contribution in [3.8, 4) is 16.9 Å². The number of nitrogens with zero attached hydrogens (tertiary/aromatic N) is 4. The van der Waals surface area contributed by atoms with Crippen LogP contribution < -0.4 is 5.43 Å². The molecule has 2 aromatic carbocycles. The molecule has 1 N–H and O–H groups in total. The zero-order valence-corrected chi connectivity index (χ0v) is 20.7. The van der Waals surface area contributed by atoms with Gasteiger partial charge in [-0.15, -0.1) is 0 Å². The van der Waals surface area contributed by atoms with Crippen molar-refractivity contribution in [2.24, 2.45) is 5.10 Å². The first-order valence-electron chi connectivity index (χ1n) is 11.4. The van der Waals surface area contributed by atoms with E-state index in [1.807, 2.05) is 24.3 Å². The van der Waals surface area contributed by atoms with Gasteiger partial charge in [0, 0.05) is 40.4 Å². The van der Waals surface area contributed by atoms with Gasteiger partial charge in [-0.25, -0.2) is 10.1 Å². The average Bonchev–Trinajstić information content (AvgIpc) is 3.26. The van der Waals surface area contributed by atoms with Gasteiger partial charge < -0.3 is 0 Å². The fraction of sp³-hybridized carbons (Fsp3) is 0.320. The van der Waals surface area contributed by atoms with Crippen molar-refractivity contribution in [3.63, 3.8) is 0 Å². The van der Waals surface area contributed by atoms with E-state index >= 15 is 0 Å². The third-order valence-electron chi connectivity index (χ3n) is 5.34. The maximum absolute atomic E-state index is 12.1. The Hall–Kier alpha value is -3.33. The summed E-state index contributed by atoms with van der Waals surface area (Å²) < 4.78 is 2.59. The number of nitro benzene ring substituents is 1. The summed E-state index contributed by atoms with van der Waals surface area (Å²) in [6.07, 6.45) is 10.5. The highest BCUT2D eigenvalue weighted by Gasteiger charge is 2.13. The SMILES string of the molecule is CCCCCCCCC(=O)N/N=C/c1cn(-c2ccc([N+](=O)[O-])cc2)nc1-c1ccc(Br)cc1. The van der Waals surface area contributed by atoms with Crippen LogP contribution in [0.3, 0.4) is 0 Å². The van der Waals surface area contributed by atoms with Crippen molar-refractivity contribution in [2.75, 3.05) is 0 Å². The number of hydrogen-bond acceptors (Lipinski definition) is 5. The number of hydrazone groups is 1. The number of rotatable bonds is 12. The summed E-state index contributed by atoms with van der Waals surface area (Å²) >= 11 is 3.44. The van der Waals surface area contributed by atoms with Crippen LogP contribution in [0.4, 0.5) is 5.69 Å². The molecular weight excluding hydrogens is 498 g/mol. The zero-order valence-electron chi connectivity index (χ0n) is 19.1. The minimum Gasteiger partial charge on any atom is -0.273 e. The maximum Gasteiger partial charge on any atom is 0.269 e. The lowest BCUT2D eigenvalue weighted by molar-refractivity contribution is -0.384. The van der Waals surface area contributed by atoms with E-state index in [0.717, 1.165) is 29.3 Å². The van der Waals surface area contributed by atoms with Crippen molar-refractivity contribution >= 4 is 33.7 Å². The Kier molecular flexibility index (Phi) is 9.51. The highest BCUT2D eigenvalue weighted by molar-refractivity contribution is 9.10. The summed E-state index contributed by atoms with van der Waals surface area (Å²) in [6, 6.07) is 13.9. The van der Waals surface area contributed by atoms with Gasteiger partial charge in [0.2, 0.25) is 5.91 Å².